The van der Waals surface area contributed by atoms with Gasteiger partial charge in [0.2, 0.25) is 10.0 Å². The van der Waals surface area contributed by atoms with Crippen molar-refractivity contribution in [3.8, 4) is 0 Å². The number of nitrogens with two attached hydrogens (primary N) is 1. The first-order valence-electron chi connectivity index (χ1n) is 5.37. The molecule has 0 atom stereocenters. The number of unbranched alkanes of at least 4 members (excludes halogenated alkanes) is 1. The van der Waals surface area contributed by atoms with E-state index in [-0.39, 0.29) is 9.88 Å². The fourth-order valence-electron chi connectivity index (χ4n) is 1.26. The van der Waals surface area contributed by atoms with Crippen LogP contribution in [0.15, 0.2) is 29.2 Å². The van der Waals surface area contributed by atoms with E-state index in [2.05, 4.69) is 4.72 Å². The monoisotopic (exact) mass is 272 g/mol. The van der Waals surface area contributed by atoms with Gasteiger partial charge in [0.1, 0.15) is 4.99 Å². The molecule has 0 saturated carbocycles. The molecular formula is C11H16N2O2S2. The van der Waals surface area contributed by atoms with Crippen LogP contribution in [0, 0.1) is 0 Å². The zero-order valence-electron chi connectivity index (χ0n) is 9.64. The molecular weight excluding hydrogens is 256 g/mol. The molecule has 0 heterocycles. The molecule has 0 aliphatic carbocycles. The number of rotatable bonds is 6. The molecule has 94 valence electrons. The van der Waals surface area contributed by atoms with E-state index < -0.39 is 10.0 Å². The van der Waals surface area contributed by atoms with Crippen molar-refractivity contribution in [2.75, 3.05) is 6.54 Å². The molecule has 0 bridgehead atoms. The third-order valence-corrected chi connectivity index (χ3v) is 3.98. The first-order chi connectivity index (χ1) is 7.97. The Morgan fingerprint density at radius 3 is 2.41 bits per heavy atom. The van der Waals surface area contributed by atoms with Gasteiger partial charge in [-0.05, 0) is 18.6 Å². The highest BCUT2D eigenvalue weighted by atomic mass is 32.2. The number of hydrogen-bond acceptors (Lipinski definition) is 3. The molecule has 6 heteroatoms. The van der Waals surface area contributed by atoms with Crippen LogP contribution in [0.3, 0.4) is 0 Å². The van der Waals surface area contributed by atoms with E-state index in [0.29, 0.717) is 12.1 Å². The van der Waals surface area contributed by atoms with Crippen LogP contribution >= 0.6 is 12.2 Å². The Morgan fingerprint density at radius 1 is 1.35 bits per heavy atom. The molecule has 0 unspecified atom stereocenters. The number of nitrogens with one attached hydrogen (secondary N) is 1. The van der Waals surface area contributed by atoms with E-state index in [1.165, 1.54) is 12.1 Å². The van der Waals surface area contributed by atoms with Gasteiger partial charge in [0.15, 0.2) is 0 Å². The summed E-state index contributed by atoms with van der Waals surface area (Å²) in [6.07, 6.45) is 1.77. The molecule has 0 radical (unpaired) electrons. The molecule has 4 nitrogen and oxygen atoms in total. The third kappa shape index (κ3) is 4.07. The van der Waals surface area contributed by atoms with E-state index in [1.54, 1.807) is 12.1 Å². The molecule has 0 aromatic heterocycles. The predicted octanol–water partition coefficient (Wildman–Crippen LogP) is 1.40. The molecule has 0 saturated heterocycles. The first-order valence-corrected chi connectivity index (χ1v) is 7.26. The molecule has 1 aromatic carbocycles. The van der Waals surface area contributed by atoms with Crippen molar-refractivity contribution in [3.05, 3.63) is 29.8 Å². The SMILES string of the molecule is CCCCNS(=O)(=O)c1ccc(C(N)=S)cc1. The van der Waals surface area contributed by atoms with Gasteiger partial charge in [0.05, 0.1) is 4.90 Å². The maximum atomic E-state index is 11.8. The highest BCUT2D eigenvalue weighted by Crippen LogP contribution is 2.10. The van der Waals surface area contributed by atoms with Crippen LogP contribution in [0.4, 0.5) is 0 Å². The summed E-state index contributed by atoms with van der Waals surface area (Å²) >= 11 is 4.80. The summed E-state index contributed by atoms with van der Waals surface area (Å²) in [6.45, 7) is 2.46. The van der Waals surface area contributed by atoms with Gasteiger partial charge in [-0.15, -0.1) is 0 Å². The average molecular weight is 272 g/mol. The second kappa shape index (κ2) is 6.09. The quantitative estimate of drug-likeness (QED) is 0.606. The lowest BCUT2D eigenvalue weighted by atomic mass is 10.2. The lowest BCUT2D eigenvalue weighted by molar-refractivity contribution is 0.578. The third-order valence-electron chi connectivity index (χ3n) is 2.27. The maximum absolute atomic E-state index is 11.8. The van der Waals surface area contributed by atoms with Gasteiger partial charge >= 0.3 is 0 Å². The van der Waals surface area contributed by atoms with Crippen molar-refractivity contribution < 1.29 is 8.42 Å². The van der Waals surface area contributed by atoms with E-state index in [0.717, 1.165) is 12.8 Å². The Hall–Kier alpha value is -0.980. The largest absolute Gasteiger partial charge is 0.389 e. The lowest BCUT2D eigenvalue weighted by Crippen LogP contribution is -2.24. The number of benzene rings is 1. The Kier molecular flexibility index (Phi) is 5.04. The zero-order chi connectivity index (χ0) is 12.9. The van der Waals surface area contributed by atoms with Crippen LogP contribution in [-0.4, -0.2) is 20.0 Å². The van der Waals surface area contributed by atoms with Crippen LogP contribution in [0.1, 0.15) is 25.3 Å². The lowest BCUT2D eigenvalue weighted by Gasteiger charge is -2.06. The van der Waals surface area contributed by atoms with E-state index in [1.807, 2.05) is 6.92 Å². The smallest absolute Gasteiger partial charge is 0.240 e. The molecule has 0 amide bonds. The zero-order valence-corrected chi connectivity index (χ0v) is 11.3. The van der Waals surface area contributed by atoms with Gasteiger partial charge in [0, 0.05) is 12.1 Å². The van der Waals surface area contributed by atoms with Crippen molar-refractivity contribution in [1.82, 2.24) is 4.72 Å². The highest BCUT2D eigenvalue weighted by Gasteiger charge is 2.12. The van der Waals surface area contributed by atoms with Gasteiger partial charge in [-0.1, -0.05) is 37.7 Å². The van der Waals surface area contributed by atoms with E-state index in [4.69, 9.17) is 18.0 Å². The van der Waals surface area contributed by atoms with Crippen molar-refractivity contribution in [1.29, 1.82) is 0 Å². The second-order valence-corrected chi connectivity index (χ2v) is 5.85. The van der Waals surface area contributed by atoms with Gasteiger partial charge < -0.3 is 5.73 Å². The number of sulfonamides is 1. The van der Waals surface area contributed by atoms with Crippen molar-refractivity contribution in [2.45, 2.75) is 24.7 Å². The van der Waals surface area contributed by atoms with E-state index >= 15 is 0 Å². The number of hydrogen-bond donors (Lipinski definition) is 2. The summed E-state index contributed by atoms with van der Waals surface area (Å²) in [5.41, 5.74) is 6.10. The normalized spacial score (nSPS) is 11.4. The van der Waals surface area contributed by atoms with Gasteiger partial charge in [-0.2, -0.15) is 0 Å². The summed E-state index contributed by atoms with van der Waals surface area (Å²) in [6, 6.07) is 6.22. The molecule has 0 aliphatic heterocycles. The molecule has 1 aromatic rings. The fourth-order valence-corrected chi connectivity index (χ4v) is 2.48. The van der Waals surface area contributed by atoms with Gasteiger partial charge in [0.25, 0.3) is 0 Å². The predicted molar refractivity (Wildman–Crippen MR) is 72.4 cm³/mol. The van der Waals surface area contributed by atoms with Crippen LogP contribution < -0.4 is 10.5 Å². The molecule has 0 aliphatic rings. The van der Waals surface area contributed by atoms with Crippen LogP contribution in [0.25, 0.3) is 0 Å². The molecule has 0 spiro atoms. The minimum atomic E-state index is -3.41. The van der Waals surface area contributed by atoms with E-state index in [9.17, 15) is 8.42 Å². The minimum absolute atomic E-state index is 0.230. The van der Waals surface area contributed by atoms with Crippen molar-refractivity contribution in [3.63, 3.8) is 0 Å². The first kappa shape index (κ1) is 14.1. The Balaban J connectivity index is 2.81. The molecule has 17 heavy (non-hydrogen) atoms. The molecule has 3 N–H and O–H groups in total. The highest BCUT2D eigenvalue weighted by molar-refractivity contribution is 7.89. The Labute approximate surface area is 107 Å². The summed E-state index contributed by atoms with van der Waals surface area (Å²) in [7, 11) is -3.41. The van der Waals surface area contributed by atoms with Crippen LogP contribution in [0.5, 0.6) is 0 Å². The Morgan fingerprint density at radius 2 is 1.94 bits per heavy atom. The van der Waals surface area contributed by atoms with Gasteiger partial charge in [-0.3, -0.25) is 0 Å². The Bertz CT molecular complexity index is 481. The summed E-state index contributed by atoms with van der Waals surface area (Å²) in [4.78, 5) is 0.487. The average Bonchev–Trinajstić information content (AvgIpc) is 2.29. The second-order valence-electron chi connectivity index (χ2n) is 3.64. The summed E-state index contributed by atoms with van der Waals surface area (Å²) in [5.74, 6) is 0. The standard InChI is InChI=1S/C11H16N2O2S2/c1-2-3-8-13-17(14,15)10-6-4-9(5-7-10)11(12)16/h4-7,13H,2-3,8H2,1H3,(H2,12,16). The van der Waals surface area contributed by atoms with Crippen molar-refractivity contribution in [2.24, 2.45) is 5.73 Å². The molecule has 1 rings (SSSR count). The number of thiocarbonyl (C=S) groups is 1. The minimum Gasteiger partial charge on any atom is -0.389 e. The maximum Gasteiger partial charge on any atom is 0.240 e. The summed E-state index contributed by atoms with van der Waals surface area (Å²) < 4.78 is 26.2. The topological polar surface area (TPSA) is 72.2 Å². The van der Waals surface area contributed by atoms with Gasteiger partial charge in [-0.25, -0.2) is 13.1 Å². The summed E-state index contributed by atoms with van der Waals surface area (Å²) in [5, 5.41) is 0. The molecule has 0 fully saturated rings. The van der Waals surface area contributed by atoms with Crippen LogP contribution in [0.2, 0.25) is 0 Å². The fraction of sp³-hybridized carbons (Fsp3) is 0.364. The van der Waals surface area contributed by atoms with Crippen molar-refractivity contribution >= 4 is 27.2 Å². The van der Waals surface area contributed by atoms with Crippen LogP contribution in [-0.2, 0) is 10.0 Å².